The first-order valence-electron chi connectivity index (χ1n) is 6.30. The van der Waals surface area contributed by atoms with Crippen molar-refractivity contribution in [3.05, 3.63) is 5.28 Å². The number of ether oxygens (including phenoxy) is 2. The molecule has 0 radical (unpaired) electrons. The molecule has 2 rings (SSSR count). The number of halogens is 1. The lowest BCUT2D eigenvalue weighted by atomic mass is 10.2. The molecule has 0 bridgehead atoms. The van der Waals surface area contributed by atoms with E-state index in [2.05, 4.69) is 15.0 Å². The molecule has 1 aliphatic rings. The monoisotopic (exact) mass is 301 g/mol. The summed E-state index contributed by atoms with van der Waals surface area (Å²) in [5, 5.41) is 0.0100. The first kappa shape index (κ1) is 14.7. The Morgan fingerprint density at radius 1 is 1.55 bits per heavy atom. The van der Waals surface area contributed by atoms with Crippen molar-refractivity contribution in [2.24, 2.45) is 5.73 Å². The summed E-state index contributed by atoms with van der Waals surface area (Å²) < 4.78 is 10.6. The van der Waals surface area contributed by atoms with Crippen LogP contribution in [0.3, 0.4) is 0 Å². The van der Waals surface area contributed by atoms with Gasteiger partial charge in [0.15, 0.2) is 0 Å². The third-order valence-corrected chi connectivity index (χ3v) is 2.89. The van der Waals surface area contributed by atoms with Gasteiger partial charge in [-0.2, -0.15) is 15.0 Å². The Kier molecular flexibility index (Phi) is 4.91. The van der Waals surface area contributed by atoms with Gasteiger partial charge < -0.3 is 20.1 Å². The molecule has 1 fully saturated rings. The first-order valence-corrected chi connectivity index (χ1v) is 6.67. The second-order valence-corrected chi connectivity index (χ2v) is 4.56. The fraction of sp³-hybridized carbons (Fsp3) is 0.636. The van der Waals surface area contributed by atoms with Crippen molar-refractivity contribution in [3.8, 4) is 6.01 Å². The Morgan fingerprint density at radius 2 is 2.35 bits per heavy atom. The smallest absolute Gasteiger partial charge is 0.322 e. The average molecular weight is 302 g/mol. The molecular formula is C11H16ClN5O3. The summed E-state index contributed by atoms with van der Waals surface area (Å²) >= 11 is 5.86. The van der Waals surface area contributed by atoms with Gasteiger partial charge in [-0.15, -0.1) is 0 Å². The Bertz CT molecular complexity index is 487. The lowest BCUT2D eigenvalue weighted by Crippen LogP contribution is -2.53. The highest BCUT2D eigenvalue weighted by Gasteiger charge is 2.30. The molecule has 1 aromatic rings. The molecule has 9 heteroatoms. The zero-order chi connectivity index (χ0) is 14.5. The summed E-state index contributed by atoms with van der Waals surface area (Å²) in [5.74, 6) is -0.236. The number of nitrogens with two attached hydrogens (primary N) is 1. The van der Waals surface area contributed by atoms with E-state index < -0.39 is 11.9 Å². The normalized spacial score (nSPS) is 18.9. The van der Waals surface area contributed by atoms with Gasteiger partial charge in [-0.25, -0.2) is 0 Å². The molecule has 0 spiro atoms. The van der Waals surface area contributed by atoms with E-state index in [1.165, 1.54) is 0 Å². The number of hydrogen-bond donors (Lipinski definition) is 1. The fourth-order valence-corrected chi connectivity index (χ4v) is 1.94. The number of rotatable bonds is 5. The van der Waals surface area contributed by atoms with Gasteiger partial charge in [0.25, 0.3) is 0 Å². The van der Waals surface area contributed by atoms with Crippen LogP contribution >= 0.6 is 11.6 Å². The fourth-order valence-electron chi connectivity index (χ4n) is 1.79. The minimum absolute atomic E-state index is 0.0100. The predicted octanol–water partition coefficient (Wildman–Crippen LogP) is 0.00430. The van der Waals surface area contributed by atoms with Crippen LogP contribution in [0.2, 0.25) is 5.28 Å². The summed E-state index contributed by atoms with van der Waals surface area (Å²) in [7, 11) is 0. The average Bonchev–Trinajstić information content (AvgIpc) is 2.44. The minimum atomic E-state index is -0.624. The molecule has 1 saturated heterocycles. The summed E-state index contributed by atoms with van der Waals surface area (Å²) in [6, 6.07) is -0.488. The zero-order valence-corrected chi connectivity index (χ0v) is 11.8. The number of nitrogens with zero attached hydrogens (tertiary/aromatic N) is 4. The van der Waals surface area contributed by atoms with Crippen molar-refractivity contribution in [1.29, 1.82) is 0 Å². The molecule has 8 nitrogen and oxygen atoms in total. The van der Waals surface area contributed by atoms with Crippen molar-refractivity contribution < 1.29 is 14.3 Å². The van der Waals surface area contributed by atoms with Crippen molar-refractivity contribution in [1.82, 2.24) is 15.0 Å². The van der Waals surface area contributed by atoms with E-state index in [1.54, 1.807) is 4.90 Å². The molecule has 110 valence electrons. The third-order valence-electron chi connectivity index (χ3n) is 2.72. The highest BCUT2D eigenvalue weighted by molar-refractivity contribution is 6.28. The Balaban J connectivity index is 2.25. The largest absolute Gasteiger partial charge is 0.463 e. The molecule has 1 unspecified atom stereocenters. The van der Waals surface area contributed by atoms with Gasteiger partial charge in [0.2, 0.25) is 17.1 Å². The van der Waals surface area contributed by atoms with Gasteiger partial charge >= 0.3 is 6.01 Å². The molecule has 0 aliphatic carbocycles. The van der Waals surface area contributed by atoms with Crippen LogP contribution in [0.1, 0.15) is 13.3 Å². The molecule has 2 heterocycles. The minimum Gasteiger partial charge on any atom is -0.463 e. The molecule has 1 aliphatic heterocycles. The van der Waals surface area contributed by atoms with Gasteiger partial charge in [0.1, 0.15) is 6.04 Å². The Morgan fingerprint density at radius 3 is 3.05 bits per heavy atom. The van der Waals surface area contributed by atoms with Gasteiger partial charge in [-0.05, 0) is 18.0 Å². The predicted molar refractivity (Wildman–Crippen MR) is 71.8 cm³/mol. The van der Waals surface area contributed by atoms with E-state index in [0.717, 1.165) is 6.42 Å². The number of hydrogen-bond acceptors (Lipinski definition) is 7. The second-order valence-electron chi connectivity index (χ2n) is 4.22. The lowest BCUT2D eigenvalue weighted by molar-refractivity contribution is -0.121. The van der Waals surface area contributed by atoms with E-state index in [9.17, 15) is 4.79 Å². The number of aromatic nitrogens is 3. The van der Waals surface area contributed by atoms with Gasteiger partial charge in [-0.3, -0.25) is 4.79 Å². The number of anilines is 1. The molecule has 1 atom stereocenters. The van der Waals surface area contributed by atoms with E-state index in [0.29, 0.717) is 19.8 Å². The van der Waals surface area contributed by atoms with Crippen LogP contribution in [0.4, 0.5) is 5.95 Å². The van der Waals surface area contributed by atoms with E-state index >= 15 is 0 Å². The molecule has 1 amide bonds. The molecule has 1 aromatic heterocycles. The zero-order valence-electron chi connectivity index (χ0n) is 11.1. The number of morpholine rings is 1. The topological polar surface area (TPSA) is 103 Å². The third kappa shape index (κ3) is 3.45. The second kappa shape index (κ2) is 6.67. The van der Waals surface area contributed by atoms with Crippen LogP contribution in [-0.4, -0.2) is 53.3 Å². The molecule has 0 aromatic carbocycles. The van der Waals surface area contributed by atoms with E-state index in [1.807, 2.05) is 6.92 Å². The maximum Gasteiger partial charge on any atom is 0.322 e. The lowest BCUT2D eigenvalue weighted by Gasteiger charge is -2.33. The van der Waals surface area contributed by atoms with Crippen LogP contribution in [0.25, 0.3) is 0 Å². The number of carbonyl (C=O) groups excluding carboxylic acids is 1. The van der Waals surface area contributed by atoms with E-state index in [4.69, 9.17) is 26.8 Å². The Labute approximate surface area is 121 Å². The van der Waals surface area contributed by atoms with Crippen LogP contribution in [0, 0.1) is 0 Å². The number of carbonyl (C=O) groups is 1. The molecule has 2 N–H and O–H groups in total. The van der Waals surface area contributed by atoms with Gasteiger partial charge in [-0.1, -0.05) is 6.92 Å². The van der Waals surface area contributed by atoms with Gasteiger partial charge in [0.05, 0.1) is 19.8 Å². The van der Waals surface area contributed by atoms with Crippen molar-refractivity contribution in [2.75, 3.05) is 31.3 Å². The molecule has 20 heavy (non-hydrogen) atoms. The molecule has 0 saturated carbocycles. The number of primary amides is 1. The number of amides is 1. The maximum absolute atomic E-state index is 11.4. The maximum atomic E-state index is 11.4. The van der Waals surface area contributed by atoms with Crippen molar-refractivity contribution >= 4 is 23.5 Å². The van der Waals surface area contributed by atoms with Crippen LogP contribution in [0.5, 0.6) is 6.01 Å². The van der Waals surface area contributed by atoms with Crippen LogP contribution < -0.4 is 15.4 Å². The molecular weight excluding hydrogens is 286 g/mol. The summed E-state index contributed by atoms with van der Waals surface area (Å²) in [6.07, 6.45) is 0.820. The van der Waals surface area contributed by atoms with Gasteiger partial charge in [0, 0.05) is 6.54 Å². The van der Waals surface area contributed by atoms with Crippen LogP contribution in [0.15, 0.2) is 0 Å². The summed E-state index contributed by atoms with van der Waals surface area (Å²) in [5.41, 5.74) is 5.36. The quantitative estimate of drug-likeness (QED) is 0.816. The van der Waals surface area contributed by atoms with Crippen LogP contribution in [-0.2, 0) is 9.53 Å². The summed E-state index contributed by atoms with van der Waals surface area (Å²) in [6.45, 7) is 3.54. The standard InChI is InChI=1S/C11H16ClN5O3/c1-2-4-20-11-15-9(12)14-10(16-11)17-3-5-19-6-7(17)8(13)18/h7H,2-6H2,1H3,(H2,13,18). The summed E-state index contributed by atoms with van der Waals surface area (Å²) in [4.78, 5) is 25.2. The first-order chi connectivity index (χ1) is 9.61. The highest BCUT2D eigenvalue weighted by atomic mass is 35.5. The van der Waals surface area contributed by atoms with Crippen molar-refractivity contribution in [2.45, 2.75) is 19.4 Å². The SMILES string of the molecule is CCCOc1nc(Cl)nc(N2CCOCC2C(N)=O)n1. The Hall–Kier alpha value is -1.67. The van der Waals surface area contributed by atoms with E-state index in [-0.39, 0.29) is 23.8 Å². The highest BCUT2D eigenvalue weighted by Crippen LogP contribution is 2.19. The van der Waals surface area contributed by atoms with Crippen molar-refractivity contribution in [3.63, 3.8) is 0 Å².